The van der Waals surface area contributed by atoms with Crippen LogP contribution in [0.3, 0.4) is 0 Å². The van der Waals surface area contributed by atoms with Crippen molar-refractivity contribution in [1.82, 2.24) is 0 Å². The Labute approximate surface area is 83.8 Å². The van der Waals surface area contributed by atoms with Gasteiger partial charge in [0.05, 0.1) is 17.8 Å². The molecule has 0 N–H and O–H groups in total. The SMILES string of the molecule is CC1(C)C(=O)[C@H]2C[C@H]2[C@H]1OS(C)(=O)=O. The van der Waals surface area contributed by atoms with Crippen LogP contribution in [-0.4, -0.2) is 26.6 Å². The molecule has 5 heteroatoms. The first-order valence-corrected chi connectivity index (χ1v) is 6.48. The summed E-state index contributed by atoms with van der Waals surface area (Å²) in [5, 5.41) is 0. The fourth-order valence-electron chi connectivity index (χ4n) is 2.38. The molecule has 2 rings (SSSR count). The molecule has 0 aromatic carbocycles. The number of carbonyl (C=O) groups is 1. The van der Waals surface area contributed by atoms with E-state index < -0.39 is 21.6 Å². The van der Waals surface area contributed by atoms with Gasteiger partial charge < -0.3 is 0 Å². The van der Waals surface area contributed by atoms with Crippen LogP contribution in [0.15, 0.2) is 0 Å². The van der Waals surface area contributed by atoms with E-state index in [2.05, 4.69) is 0 Å². The van der Waals surface area contributed by atoms with Gasteiger partial charge in [-0.05, 0) is 12.3 Å². The molecule has 4 nitrogen and oxygen atoms in total. The van der Waals surface area contributed by atoms with Crippen LogP contribution in [0.5, 0.6) is 0 Å². The second-order valence-electron chi connectivity index (χ2n) is 4.81. The third-order valence-corrected chi connectivity index (χ3v) is 3.75. The first kappa shape index (κ1) is 10.1. The van der Waals surface area contributed by atoms with Crippen LogP contribution in [0.1, 0.15) is 20.3 Å². The molecule has 0 unspecified atom stereocenters. The van der Waals surface area contributed by atoms with E-state index in [0.717, 1.165) is 12.7 Å². The summed E-state index contributed by atoms with van der Waals surface area (Å²) in [6.07, 6.45) is 1.38. The maximum Gasteiger partial charge on any atom is 0.264 e. The third-order valence-electron chi connectivity index (χ3n) is 3.19. The van der Waals surface area contributed by atoms with Crippen LogP contribution >= 0.6 is 0 Å². The molecule has 0 aliphatic heterocycles. The summed E-state index contributed by atoms with van der Waals surface area (Å²) >= 11 is 0. The highest BCUT2D eigenvalue weighted by Crippen LogP contribution is 2.58. The predicted octanol–water partition coefficient (Wildman–Crippen LogP) is 0.576. The van der Waals surface area contributed by atoms with Crippen LogP contribution in [-0.2, 0) is 19.1 Å². The lowest BCUT2D eigenvalue weighted by Crippen LogP contribution is -2.36. The van der Waals surface area contributed by atoms with Crippen LogP contribution in [0.2, 0.25) is 0 Å². The van der Waals surface area contributed by atoms with Gasteiger partial charge in [-0.25, -0.2) is 0 Å². The average Bonchev–Trinajstić information content (AvgIpc) is 2.71. The Morgan fingerprint density at radius 1 is 1.43 bits per heavy atom. The molecule has 0 radical (unpaired) electrons. The lowest BCUT2D eigenvalue weighted by molar-refractivity contribution is -0.129. The van der Waals surface area contributed by atoms with Crippen molar-refractivity contribution in [2.24, 2.45) is 17.3 Å². The average molecular weight is 218 g/mol. The molecule has 3 atom stereocenters. The molecule has 0 bridgehead atoms. The topological polar surface area (TPSA) is 60.4 Å². The Kier molecular flexibility index (Phi) is 1.86. The predicted molar refractivity (Wildman–Crippen MR) is 50.1 cm³/mol. The van der Waals surface area contributed by atoms with Crippen molar-refractivity contribution in [3.8, 4) is 0 Å². The summed E-state index contributed by atoms with van der Waals surface area (Å²) < 4.78 is 27.0. The van der Waals surface area contributed by atoms with E-state index in [-0.39, 0.29) is 17.6 Å². The van der Waals surface area contributed by atoms with Crippen LogP contribution < -0.4 is 0 Å². The van der Waals surface area contributed by atoms with Gasteiger partial charge in [-0.2, -0.15) is 8.42 Å². The van der Waals surface area contributed by atoms with Crippen molar-refractivity contribution in [1.29, 1.82) is 0 Å². The van der Waals surface area contributed by atoms with E-state index in [9.17, 15) is 13.2 Å². The zero-order chi connectivity index (χ0) is 10.7. The molecule has 0 heterocycles. The van der Waals surface area contributed by atoms with Crippen molar-refractivity contribution in [3.05, 3.63) is 0 Å². The third kappa shape index (κ3) is 1.39. The van der Waals surface area contributed by atoms with E-state index in [1.54, 1.807) is 13.8 Å². The number of Topliss-reactive ketones (excluding diaryl/α,β-unsaturated/α-hetero) is 1. The Balaban J connectivity index is 2.24. The van der Waals surface area contributed by atoms with Crippen LogP contribution in [0, 0.1) is 17.3 Å². The van der Waals surface area contributed by atoms with Gasteiger partial charge in [0.25, 0.3) is 10.1 Å². The zero-order valence-electron chi connectivity index (χ0n) is 8.48. The molecule has 2 aliphatic carbocycles. The number of ketones is 1. The van der Waals surface area contributed by atoms with Gasteiger partial charge in [0.15, 0.2) is 0 Å². The van der Waals surface area contributed by atoms with Crippen molar-refractivity contribution in [2.75, 3.05) is 6.26 Å². The highest BCUT2D eigenvalue weighted by molar-refractivity contribution is 7.86. The summed E-state index contributed by atoms with van der Waals surface area (Å²) in [4.78, 5) is 11.7. The highest BCUT2D eigenvalue weighted by Gasteiger charge is 2.65. The summed E-state index contributed by atoms with van der Waals surface area (Å²) in [5.41, 5.74) is -0.642. The summed E-state index contributed by atoms with van der Waals surface area (Å²) in [5.74, 6) is 0.333. The highest BCUT2D eigenvalue weighted by atomic mass is 32.2. The van der Waals surface area contributed by atoms with Gasteiger partial charge in [0.1, 0.15) is 5.78 Å². The summed E-state index contributed by atoms with van der Waals surface area (Å²) in [6, 6.07) is 0. The largest absolute Gasteiger partial charge is 0.299 e. The van der Waals surface area contributed by atoms with E-state index in [0.29, 0.717) is 0 Å². The maximum atomic E-state index is 11.7. The Morgan fingerprint density at radius 3 is 2.36 bits per heavy atom. The van der Waals surface area contributed by atoms with Crippen molar-refractivity contribution < 1.29 is 17.4 Å². The second kappa shape index (κ2) is 2.58. The summed E-state index contributed by atoms with van der Waals surface area (Å²) in [6.45, 7) is 3.52. The molecule has 0 aromatic rings. The van der Waals surface area contributed by atoms with E-state index in [4.69, 9.17) is 4.18 Å². The van der Waals surface area contributed by atoms with Gasteiger partial charge in [-0.1, -0.05) is 13.8 Å². The number of fused-ring (bicyclic) bond motifs is 1. The quantitative estimate of drug-likeness (QED) is 0.636. The van der Waals surface area contributed by atoms with E-state index in [1.807, 2.05) is 0 Å². The fraction of sp³-hybridized carbons (Fsp3) is 0.889. The van der Waals surface area contributed by atoms with E-state index in [1.165, 1.54) is 0 Å². The standard InChI is InChI=1S/C9H14O4S/c1-9(2)7(10)5-4-6(5)8(9)13-14(3,11)12/h5-6,8H,4H2,1-3H3/t5-,6+,8+/m0/s1. The van der Waals surface area contributed by atoms with Crippen LogP contribution in [0.4, 0.5) is 0 Å². The number of hydrogen-bond donors (Lipinski definition) is 0. The Hall–Kier alpha value is -0.420. The first-order valence-electron chi connectivity index (χ1n) is 4.66. The molecular formula is C9H14O4S. The molecule has 2 aliphatic rings. The lowest BCUT2D eigenvalue weighted by atomic mass is 9.84. The normalized spacial score (nSPS) is 39.6. The van der Waals surface area contributed by atoms with Crippen LogP contribution in [0.25, 0.3) is 0 Å². The first-order chi connectivity index (χ1) is 6.23. The van der Waals surface area contributed by atoms with Gasteiger partial charge in [0.2, 0.25) is 0 Å². The Morgan fingerprint density at radius 2 is 2.00 bits per heavy atom. The van der Waals surface area contributed by atoms with Crippen molar-refractivity contribution in [2.45, 2.75) is 26.4 Å². The van der Waals surface area contributed by atoms with Gasteiger partial charge in [0, 0.05) is 5.92 Å². The minimum absolute atomic E-state index is 0.0525. The molecule has 2 saturated carbocycles. The minimum atomic E-state index is -3.46. The van der Waals surface area contributed by atoms with Gasteiger partial charge in [-0.3, -0.25) is 8.98 Å². The lowest BCUT2D eigenvalue weighted by Gasteiger charge is -2.27. The zero-order valence-corrected chi connectivity index (χ0v) is 9.30. The molecule has 0 saturated heterocycles. The molecular weight excluding hydrogens is 204 g/mol. The molecule has 0 spiro atoms. The number of carbonyl (C=O) groups excluding carboxylic acids is 1. The number of hydrogen-bond acceptors (Lipinski definition) is 4. The van der Waals surface area contributed by atoms with Crippen molar-refractivity contribution >= 4 is 15.9 Å². The monoisotopic (exact) mass is 218 g/mol. The summed E-state index contributed by atoms with van der Waals surface area (Å²) in [7, 11) is -3.46. The smallest absolute Gasteiger partial charge is 0.264 e. The molecule has 0 amide bonds. The molecule has 2 fully saturated rings. The van der Waals surface area contributed by atoms with Gasteiger partial charge >= 0.3 is 0 Å². The maximum absolute atomic E-state index is 11.7. The van der Waals surface area contributed by atoms with Crippen molar-refractivity contribution in [3.63, 3.8) is 0 Å². The van der Waals surface area contributed by atoms with E-state index >= 15 is 0 Å². The number of rotatable bonds is 2. The molecule has 14 heavy (non-hydrogen) atoms. The second-order valence-corrected chi connectivity index (χ2v) is 6.41. The molecule has 80 valence electrons. The molecule has 0 aromatic heterocycles. The fourth-order valence-corrected chi connectivity index (χ4v) is 3.14. The Bertz CT molecular complexity index is 382. The van der Waals surface area contributed by atoms with Gasteiger partial charge in [-0.15, -0.1) is 0 Å². The minimum Gasteiger partial charge on any atom is -0.299 e.